The minimum atomic E-state index is 0.0745. The first-order valence-electron chi connectivity index (χ1n) is 10.1. The number of aromatic nitrogens is 1. The molecule has 28 heavy (non-hydrogen) atoms. The molecule has 0 spiro atoms. The molecule has 2 aliphatic rings. The van der Waals surface area contributed by atoms with Crippen molar-refractivity contribution in [3.05, 3.63) is 53.3 Å². The average Bonchev–Trinajstić information content (AvgIpc) is 2.74. The maximum Gasteiger partial charge on any atom is 0.255 e. The predicted molar refractivity (Wildman–Crippen MR) is 114 cm³/mol. The minimum Gasteiger partial charge on any atom is -0.370 e. The summed E-state index contributed by atoms with van der Waals surface area (Å²) in [7, 11) is 0. The van der Waals surface area contributed by atoms with E-state index in [1.807, 2.05) is 35.4 Å². The number of anilines is 2. The van der Waals surface area contributed by atoms with Crippen molar-refractivity contribution in [1.29, 1.82) is 0 Å². The summed E-state index contributed by atoms with van der Waals surface area (Å²) >= 11 is 6.11. The fourth-order valence-corrected chi connectivity index (χ4v) is 4.19. The van der Waals surface area contributed by atoms with Crippen LogP contribution in [0.5, 0.6) is 0 Å². The smallest absolute Gasteiger partial charge is 0.255 e. The topological polar surface area (TPSA) is 39.7 Å². The van der Waals surface area contributed by atoms with Gasteiger partial charge in [0.15, 0.2) is 0 Å². The molecule has 0 saturated carbocycles. The van der Waals surface area contributed by atoms with Gasteiger partial charge in [-0.3, -0.25) is 9.78 Å². The van der Waals surface area contributed by atoms with E-state index < -0.39 is 0 Å². The Morgan fingerprint density at radius 2 is 1.68 bits per heavy atom. The number of piperidine rings is 1. The zero-order valence-corrected chi connectivity index (χ0v) is 17.1. The molecule has 1 aromatic carbocycles. The van der Waals surface area contributed by atoms with Crippen LogP contribution in [-0.2, 0) is 0 Å². The van der Waals surface area contributed by atoms with E-state index in [1.165, 1.54) is 12.8 Å². The van der Waals surface area contributed by atoms with Gasteiger partial charge in [-0.2, -0.15) is 0 Å². The zero-order valence-electron chi connectivity index (χ0n) is 16.4. The molecule has 1 amide bonds. The highest BCUT2D eigenvalue weighted by Gasteiger charge is 2.24. The number of carbonyl (C=O) groups is 1. The second kappa shape index (κ2) is 8.39. The van der Waals surface area contributed by atoms with Gasteiger partial charge < -0.3 is 14.7 Å². The average molecular weight is 399 g/mol. The second-order valence-electron chi connectivity index (χ2n) is 7.86. The van der Waals surface area contributed by atoms with Gasteiger partial charge in [0.1, 0.15) is 0 Å². The van der Waals surface area contributed by atoms with E-state index in [-0.39, 0.29) is 5.91 Å². The predicted octanol–water partition coefficient (Wildman–Crippen LogP) is 3.93. The monoisotopic (exact) mass is 398 g/mol. The van der Waals surface area contributed by atoms with E-state index in [0.29, 0.717) is 18.7 Å². The second-order valence-corrected chi connectivity index (χ2v) is 8.30. The fraction of sp³-hybridized carbons (Fsp3) is 0.455. The number of piperazine rings is 1. The van der Waals surface area contributed by atoms with E-state index in [9.17, 15) is 4.79 Å². The summed E-state index contributed by atoms with van der Waals surface area (Å²) in [4.78, 5) is 23.9. The molecule has 2 aromatic rings. The molecule has 2 saturated heterocycles. The van der Waals surface area contributed by atoms with E-state index in [0.717, 1.165) is 48.5 Å². The normalized spacial score (nSPS) is 18.4. The van der Waals surface area contributed by atoms with Crippen molar-refractivity contribution in [2.75, 3.05) is 49.1 Å². The molecule has 1 aromatic heterocycles. The van der Waals surface area contributed by atoms with Crippen molar-refractivity contribution in [1.82, 2.24) is 9.88 Å². The lowest BCUT2D eigenvalue weighted by Gasteiger charge is -2.36. The van der Waals surface area contributed by atoms with Crippen LogP contribution < -0.4 is 9.80 Å². The third kappa shape index (κ3) is 4.25. The SMILES string of the molecule is CC1CCN(c2cncc(C(=O)N3CCN(c4cccc(Cl)c4)CC3)c2)CC1. The molecule has 0 bridgehead atoms. The van der Waals surface area contributed by atoms with Crippen LogP contribution in [0, 0.1) is 5.92 Å². The number of pyridine rings is 1. The maximum atomic E-state index is 13.0. The van der Waals surface area contributed by atoms with Crippen molar-refractivity contribution in [3.8, 4) is 0 Å². The number of hydrogen-bond acceptors (Lipinski definition) is 4. The Kier molecular flexibility index (Phi) is 5.72. The maximum absolute atomic E-state index is 13.0. The minimum absolute atomic E-state index is 0.0745. The fourth-order valence-electron chi connectivity index (χ4n) is 4.01. The van der Waals surface area contributed by atoms with Gasteiger partial charge in [-0.1, -0.05) is 24.6 Å². The summed E-state index contributed by atoms with van der Waals surface area (Å²) in [6, 6.07) is 9.90. The van der Waals surface area contributed by atoms with E-state index in [2.05, 4.69) is 27.8 Å². The van der Waals surface area contributed by atoms with Crippen LogP contribution in [-0.4, -0.2) is 55.1 Å². The van der Waals surface area contributed by atoms with Gasteiger partial charge in [-0.15, -0.1) is 0 Å². The first kappa shape index (κ1) is 19.1. The summed E-state index contributed by atoms with van der Waals surface area (Å²) in [5, 5.41) is 0.742. The molecule has 2 aliphatic heterocycles. The van der Waals surface area contributed by atoms with Crippen LogP contribution in [0.3, 0.4) is 0 Å². The molecule has 0 aliphatic carbocycles. The molecule has 6 heteroatoms. The van der Waals surface area contributed by atoms with Crippen molar-refractivity contribution < 1.29 is 4.79 Å². The van der Waals surface area contributed by atoms with Crippen LogP contribution in [0.15, 0.2) is 42.7 Å². The quantitative estimate of drug-likeness (QED) is 0.785. The van der Waals surface area contributed by atoms with Crippen molar-refractivity contribution in [2.24, 2.45) is 5.92 Å². The highest BCUT2D eigenvalue weighted by molar-refractivity contribution is 6.30. The van der Waals surface area contributed by atoms with Gasteiger partial charge in [-0.25, -0.2) is 0 Å². The molecule has 4 rings (SSSR count). The van der Waals surface area contributed by atoms with Gasteiger partial charge in [0, 0.05) is 56.2 Å². The Balaban J connectivity index is 1.39. The van der Waals surface area contributed by atoms with E-state index in [4.69, 9.17) is 11.6 Å². The lowest BCUT2D eigenvalue weighted by atomic mass is 9.99. The van der Waals surface area contributed by atoms with Crippen LogP contribution in [0.2, 0.25) is 5.02 Å². The lowest BCUT2D eigenvalue weighted by molar-refractivity contribution is 0.0746. The summed E-state index contributed by atoms with van der Waals surface area (Å²) < 4.78 is 0. The molecule has 0 radical (unpaired) electrons. The molecule has 5 nitrogen and oxygen atoms in total. The number of amides is 1. The van der Waals surface area contributed by atoms with Crippen molar-refractivity contribution in [3.63, 3.8) is 0 Å². The zero-order chi connectivity index (χ0) is 19.5. The van der Waals surface area contributed by atoms with Gasteiger partial charge in [0.2, 0.25) is 0 Å². The Bertz CT molecular complexity index is 827. The first-order chi connectivity index (χ1) is 13.6. The summed E-state index contributed by atoms with van der Waals surface area (Å²) in [6.07, 6.45) is 5.97. The van der Waals surface area contributed by atoms with Crippen molar-refractivity contribution in [2.45, 2.75) is 19.8 Å². The lowest BCUT2D eigenvalue weighted by Crippen LogP contribution is -2.48. The van der Waals surface area contributed by atoms with Crippen LogP contribution in [0.1, 0.15) is 30.1 Å². The summed E-state index contributed by atoms with van der Waals surface area (Å²) in [6.45, 7) is 7.41. The number of halogens is 1. The highest BCUT2D eigenvalue weighted by Crippen LogP contribution is 2.24. The molecule has 148 valence electrons. The molecule has 0 unspecified atom stereocenters. The van der Waals surface area contributed by atoms with Crippen LogP contribution in [0.4, 0.5) is 11.4 Å². The Morgan fingerprint density at radius 3 is 2.39 bits per heavy atom. The van der Waals surface area contributed by atoms with Gasteiger partial charge in [-0.05, 0) is 43.0 Å². The van der Waals surface area contributed by atoms with Gasteiger partial charge >= 0.3 is 0 Å². The largest absolute Gasteiger partial charge is 0.370 e. The summed E-state index contributed by atoms with van der Waals surface area (Å²) in [5.74, 6) is 0.857. The third-order valence-electron chi connectivity index (χ3n) is 5.86. The Labute approximate surface area is 171 Å². The summed E-state index contributed by atoms with van der Waals surface area (Å²) in [5.41, 5.74) is 2.87. The molecule has 0 N–H and O–H groups in total. The number of hydrogen-bond donors (Lipinski definition) is 0. The standard InChI is InChI=1S/C22H27ClN4O/c1-17-5-7-25(8-6-17)21-13-18(15-24-16-21)22(28)27-11-9-26(10-12-27)20-4-2-3-19(23)14-20/h2-4,13-17H,5-12H2,1H3. The Hall–Kier alpha value is -2.27. The van der Waals surface area contributed by atoms with Gasteiger partial charge in [0.05, 0.1) is 17.4 Å². The molecule has 3 heterocycles. The highest BCUT2D eigenvalue weighted by atomic mass is 35.5. The number of benzene rings is 1. The van der Waals surface area contributed by atoms with E-state index in [1.54, 1.807) is 6.20 Å². The Morgan fingerprint density at radius 1 is 0.964 bits per heavy atom. The third-order valence-corrected chi connectivity index (χ3v) is 6.09. The molecule has 2 fully saturated rings. The molecule has 0 atom stereocenters. The first-order valence-corrected chi connectivity index (χ1v) is 10.5. The number of carbonyl (C=O) groups excluding carboxylic acids is 1. The molecular weight excluding hydrogens is 372 g/mol. The van der Waals surface area contributed by atoms with Gasteiger partial charge in [0.25, 0.3) is 5.91 Å². The van der Waals surface area contributed by atoms with Crippen LogP contribution >= 0.6 is 11.6 Å². The van der Waals surface area contributed by atoms with Crippen LogP contribution in [0.25, 0.3) is 0 Å². The van der Waals surface area contributed by atoms with Crippen molar-refractivity contribution >= 4 is 28.9 Å². The number of nitrogens with zero attached hydrogens (tertiary/aromatic N) is 4. The number of rotatable bonds is 3. The molecular formula is C22H27ClN4O. The van der Waals surface area contributed by atoms with E-state index >= 15 is 0 Å².